The molecule has 0 amide bonds. The molecular formula is C12H16N2O2S. The van der Waals surface area contributed by atoms with E-state index in [0.717, 1.165) is 13.0 Å². The van der Waals surface area contributed by atoms with Crippen LogP contribution in [0.1, 0.15) is 6.42 Å². The van der Waals surface area contributed by atoms with Gasteiger partial charge in [0.25, 0.3) is 0 Å². The molecule has 2 heterocycles. The Kier molecular flexibility index (Phi) is 2.69. The smallest absolute Gasteiger partial charge is 0.243 e. The van der Waals surface area contributed by atoms with E-state index in [0.29, 0.717) is 29.9 Å². The molecule has 0 radical (unpaired) electrons. The van der Waals surface area contributed by atoms with Crippen molar-refractivity contribution in [1.82, 2.24) is 9.62 Å². The van der Waals surface area contributed by atoms with Crippen molar-refractivity contribution in [3.63, 3.8) is 0 Å². The minimum absolute atomic E-state index is 0.340. The van der Waals surface area contributed by atoms with Crippen molar-refractivity contribution in [3.05, 3.63) is 30.3 Å². The maximum atomic E-state index is 12.4. The van der Waals surface area contributed by atoms with Gasteiger partial charge in [-0.1, -0.05) is 18.2 Å². The summed E-state index contributed by atoms with van der Waals surface area (Å²) in [6.07, 6.45) is 1.11. The second kappa shape index (κ2) is 4.08. The van der Waals surface area contributed by atoms with Crippen molar-refractivity contribution in [2.75, 3.05) is 19.6 Å². The Hall–Kier alpha value is -0.910. The first kappa shape index (κ1) is 11.2. The molecule has 1 N–H and O–H groups in total. The van der Waals surface area contributed by atoms with Gasteiger partial charge < -0.3 is 5.32 Å². The van der Waals surface area contributed by atoms with E-state index in [9.17, 15) is 8.42 Å². The normalized spacial score (nSPS) is 29.4. The third-order valence-electron chi connectivity index (χ3n) is 3.58. The zero-order valence-corrected chi connectivity index (χ0v) is 10.4. The molecule has 2 aliphatic heterocycles. The molecule has 2 aliphatic rings. The van der Waals surface area contributed by atoms with Crippen LogP contribution in [-0.4, -0.2) is 38.4 Å². The molecule has 0 unspecified atom stereocenters. The summed E-state index contributed by atoms with van der Waals surface area (Å²) in [7, 11) is -3.29. The summed E-state index contributed by atoms with van der Waals surface area (Å²) in [4.78, 5) is 0.404. The number of rotatable bonds is 2. The van der Waals surface area contributed by atoms with Gasteiger partial charge in [-0.05, 0) is 31.0 Å². The van der Waals surface area contributed by atoms with Crippen molar-refractivity contribution in [2.24, 2.45) is 5.92 Å². The van der Waals surface area contributed by atoms with E-state index < -0.39 is 10.0 Å². The van der Waals surface area contributed by atoms with Crippen LogP contribution in [0.15, 0.2) is 35.2 Å². The predicted octanol–water partition coefficient (Wildman–Crippen LogP) is 0.669. The molecule has 1 aromatic rings. The molecule has 1 aromatic carbocycles. The number of hydrogen-bond acceptors (Lipinski definition) is 3. The summed E-state index contributed by atoms with van der Waals surface area (Å²) in [6, 6.07) is 9.04. The molecule has 2 saturated heterocycles. The van der Waals surface area contributed by atoms with Crippen molar-refractivity contribution in [3.8, 4) is 0 Å². The highest BCUT2D eigenvalue weighted by Crippen LogP contribution is 2.26. The van der Waals surface area contributed by atoms with Crippen LogP contribution in [0.3, 0.4) is 0 Å². The highest BCUT2D eigenvalue weighted by molar-refractivity contribution is 7.89. The zero-order chi connectivity index (χ0) is 11.9. The van der Waals surface area contributed by atoms with Crippen LogP contribution in [0.4, 0.5) is 0 Å². The van der Waals surface area contributed by atoms with Crippen LogP contribution in [0.5, 0.6) is 0 Å². The first-order valence-corrected chi connectivity index (χ1v) is 7.39. The van der Waals surface area contributed by atoms with E-state index in [4.69, 9.17) is 0 Å². The van der Waals surface area contributed by atoms with Crippen LogP contribution in [-0.2, 0) is 10.0 Å². The second-order valence-corrected chi connectivity index (χ2v) is 6.78. The SMILES string of the molecule is O=S(=O)(c1ccccc1)N1C[C@@H]2CN[C@@H](C2)C1. The number of piperidine rings is 1. The van der Waals surface area contributed by atoms with Gasteiger partial charge in [0.1, 0.15) is 0 Å². The summed E-state index contributed by atoms with van der Waals surface area (Å²) < 4.78 is 26.4. The summed E-state index contributed by atoms with van der Waals surface area (Å²) in [6.45, 7) is 2.21. The average molecular weight is 252 g/mol. The molecule has 92 valence electrons. The lowest BCUT2D eigenvalue weighted by atomic mass is 10.0. The van der Waals surface area contributed by atoms with Gasteiger partial charge in [0.15, 0.2) is 0 Å². The third-order valence-corrected chi connectivity index (χ3v) is 5.43. The van der Waals surface area contributed by atoms with Crippen molar-refractivity contribution in [2.45, 2.75) is 17.4 Å². The van der Waals surface area contributed by atoms with Crippen molar-refractivity contribution < 1.29 is 8.42 Å². The van der Waals surface area contributed by atoms with E-state index in [1.54, 1.807) is 28.6 Å². The summed E-state index contributed by atoms with van der Waals surface area (Å²) in [5.74, 6) is 0.479. The zero-order valence-electron chi connectivity index (χ0n) is 9.54. The Balaban J connectivity index is 1.89. The molecule has 0 spiro atoms. The number of sulfonamides is 1. The monoisotopic (exact) mass is 252 g/mol. The number of nitrogens with one attached hydrogen (secondary N) is 1. The molecular weight excluding hydrogens is 236 g/mol. The van der Waals surface area contributed by atoms with Crippen LogP contribution in [0, 0.1) is 5.92 Å². The average Bonchev–Trinajstić information content (AvgIpc) is 2.69. The highest BCUT2D eigenvalue weighted by atomic mass is 32.2. The van der Waals surface area contributed by atoms with E-state index in [1.165, 1.54) is 0 Å². The first-order valence-electron chi connectivity index (χ1n) is 5.95. The van der Waals surface area contributed by atoms with Gasteiger partial charge in [-0.25, -0.2) is 8.42 Å². The fourth-order valence-electron chi connectivity index (χ4n) is 2.73. The summed E-state index contributed by atoms with van der Waals surface area (Å²) >= 11 is 0. The molecule has 3 rings (SSSR count). The maximum Gasteiger partial charge on any atom is 0.243 e. The van der Waals surface area contributed by atoms with E-state index in [2.05, 4.69) is 5.32 Å². The van der Waals surface area contributed by atoms with Gasteiger partial charge in [-0.2, -0.15) is 4.31 Å². The Morgan fingerprint density at radius 2 is 1.94 bits per heavy atom. The molecule has 0 aromatic heterocycles. The maximum absolute atomic E-state index is 12.4. The predicted molar refractivity (Wildman–Crippen MR) is 65.1 cm³/mol. The topological polar surface area (TPSA) is 49.4 Å². The standard InChI is InChI=1S/C12H16N2O2S/c15-17(16,12-4-2-1-3-5-12)14-8-10-6-11(9-14)13-7-10/h1-5,10-11,13H,6-9H2/t10-,11-/m0/s1. The molecule has 5 heteroatoms. The first-order chi connectivity index (χ1) is 8.16. The molecule has 4 nitrogen and oxygen atoms in total. The van der Waals surface area contributed by atoms with Crippen LogP contribution >= 0.6 is 0 Å². The van der Waals surface area contributed by atoms with Gasteiger partial charge in [-0.15, -0.1) is 0 Å². The highest BCUT2D eigenvalue weighted by Gasteiger charge is 2.38. The van der Waals surface area contributed by atoms with Gasteiger partial charge in [0.05, 0.1) is 4.90 Å². The quantitative estimate of drug-likeness (QED) is 0.841. The Labute approximate surface area is 102 Å². The van der Waals surface area contributed by atoms with Crippen molar-refractivity contribution in [1.29, 1.82) is 0 Å². The van der Waals surface area contributed by atoms with Crippen LogP contribution in [0.2, 0.25) is 0 Å². The minimum atomic E-state index is -3.29. The Morgan fingerprint density at radius 1 is 1.18 bits per heavy atom. The molecule has 2 bridgehead atoms. The lowest BCUT2D eigenvalue weighted by Crippen LogP contribution is -2.44. The minimum Gasteiger partial charge on any atom is -0.312 e. The van der Waals surface area contributed by atoms with Gasteiger partial charge >= 0.3 is 0 Å². The number of hydrogen-bond donors (Lipinski definition) is 1. The number of nitrogens with zero attached hydrogens (tertiary/aromatic N) is 1. The largest absolute Gasteiger partial charge is 0.312 e. The number of fused-ring (bicyclic) bond motifs is 2. The fraction of sp³-hybridized carbons (Fsp3) is 0.500. The van der Waals surface area contributed by atoms with E-state index in [-0.39, 0.29) is 0 Å². The Bertz CT molecular complexity index is 488. The fourth-order valence-corrected chi connectivity index (χ4v) is 4.31. The number of benzene rings is 1. The summed E-state index contributed by atoms with van der Waals surface area (Å²) in [5, 5.41) is 3.37. The second-order valence-electron chi connectivity index (χ2n) is 4.84. The van der Waals surface area contributed by atoms with Crippen LogP contribution < -0.4 is 5.32 Å². The van der Waals surface area contributed by atoms with Crippen LogP contribution in [0.25, 0.3) is 0 Å². The van der Waals surface area contributed by atoms with E-state index in [1.807, 2.05) is 6.07 Å². The lowest BCUT2D eigenvalue weighted by molar-refractivity contribution is 0.295. The van der Waals surface area contributed by atoms with Crippen molar-refractivity contribution >= 4 is 10.0 Å². The van der Waals surface area contributed by atoms with Gasteiger partial charge in [-0.3, -0.25) is 0 Å². The molecule has 0 aliphatic carbocycles. The third kappa shape index (κ3) is 1.99. The lowest BCUT2D eigenvalue weighted by Gasteiger charge is -2.30. The molecule has 17 heavy (non-hydrogen) atoms. The molecule has 0 saturated carbocycles. The molecule has 2 atom stereocenters. The summed E-state index contributed by atoms with van der Waals surface area (Å²) in [5.41, 5.74) is 0. The Morgan fingerprint density at radius 3 is 2.65 bits per heavy atom. The van der Waals surface area contributed by atoms with Gasteiger partial charge in [0, 0.05) is 19.1 Å². The van der Waals surface area contributed by atoms with Gasteiger partial charge in [0.2, 0.25) is 10.0 Å². The van der Waals surface area contributed by atoms with E-state index >= 15 is 0 Å². The molecule has 2 fully saturated rings.